The molecule has 0 radical (unpaired) electrons. The Balaban J connectivity index is 1.44. The van der Waals surface area contributed by atoms with E-state index in [0.29, 0.717) is 17.3 Å². The highest BCUT2D eigenvalue weighted by Crippen LogP contribution is 2.42. The molecule has 0 amide bonds. The molecule has 3 nitrogen and oxygen atoms in total. The molecule has 0 N–H and O–H groups in total. The predicted molar refractivity (Wildman–Crippen MR) is 137 cm³/mol. The van der Waals surface area contributed by atoms with Crippen LogP contribution in [0, 0.1) is 12.7 Å². The third-order valence-electron chi connectivity index (χ3n) is 7.41. The lowest BCUT2D eigenvalue weighted by Crippen LogP contribution is -2.30. The summed E-state index contributed by atoms with van der Waals surface area (Å²) in [7, 11) is 2.02. The molecule has 5 aromatic rings. The minimum atomic E-state index is -0.434. The monoisotopic (exact) mass is 466 g/mol. The molecule has 2 aromatic heterocycles. The molecule has 1 aliphatic carbocycles. The number of pyridine rings is 1. The van der Waals surface area contributed by atoms with Crippen LogP contribution >= 0.6 is 0 Å². The van der Waals surface area contributed by atoms with Crippen LogP contribution in [0.1, 0.15) is 49.1 Å². The molecule has 3 aromatic carbocycles. The van der Waals surface area contributed by atoms with Crippen molar-refractivity contribution in [2.24, 2.45) is 7.05 Å². The minimum Gasteiger partial charge on any atom is -0.451 e. The summed E-state index contributed by atoms with van der Waals surface area (Å²) < 4.78 is 29.7. The maximum absolute atomic E-state index is 15.1. The standard InChI is InChI=1S/C31H29FNO2/c1-20-11-16-24-25-17-18-26(32)31(30(25)35-29(24)28(20)27-10-6-7-19-33(27)2)34-23-14-12-22(13-15-23)21-8-4-3-5-9-21/h6-7,10-19,21H,3-5,8-9H2,1-2H3/q+1. The molecule has 6 rings (SSSR count). The molecule has 4 heteroatoms. The van der Waals surface area contributed by atoms with Crippen LogP contribution in [0.2, 0.25) is 0 Å². The van der Waals surface area contributed by atoms with Crippen molar-refractivity contribution in [1.29, 1.82) is 0 Å². The first-order valence-corrected chi connectivity index (χ1v) is 12.5. The van der Waals surface area contributed by atoms with Gasteiger partial charge in [-0.3, -0.25) is 0 Å². The minimum absolute atomic E-state index is 0.130. The van der Waals surface area contributed by atoms with Crippen LogP contribution in [-0.4, -0.2) is 0 Å². The van der Waals surface area contributed by atoms with E-state index in [1.54, 1.807) is 6.07 Å². The van der Waals surface area contributed by atoms with Crippen LogP contribution in [0.4, 0.5) is 4.39 Å². The van der Waals surface area contributed by atoms with Gasteiger partial charge in [0.2, 0.25) is 11.4 Å². The van der Waals surface area contributed by atoms with Crippen molar-refractivity contribution >= 4 is 21.9 Å². The van der Waals surface area contributed by atoms with Gasteiger partial charge in [0.05, 0.1) is 5.56 Å². The summed E-state index contributed by atoms with van der Waals surface area (Å²) in [6, 6.07) is 21.6. The molecule has 0 aliphatic heterocycles. The molecule has 0 unspecified atom stereocenters. The molecule has 0 saturated heterocycles. The molecule has 2 heterocycles. The summed E-state index contributed by atoms with van der Waals surface area (Å²) in [5.41, 5.74) is 5.66. The number of nitrogens with zero attached hydrogens (tertiary/aromatic N) is 1. The van der Waals surface area contributed by atoms with E-state index in [0.717, 1.165) is 33.2 Å². The van der Waals surface area contributed by atoms with Gasteiger partial charge < -0.3 is 9.15 Å². The van der Waals surface area contributed by atoms with E-state index in [-0.39, 0.29) is 5.75 Å². The van der Waals surface area contributed by atoms with Crippen molar-refractivity contribution in [3.63, 3.8) is 0 Å². The lowest BCUT2D eigenvalue weighted by molar-refractivity contribution is -0.660. The van der Waals surface area contributed by atoms with Gasteiger partial charge in [0.1, 0.15) is 18.4 Å². The average molecular weight is 467 g/mol. The number of halogens is 1. The Morgan fingerprint density at radius 1 is 0.857 bits per heavy atom. The highest BCUT2D eigenvalue weighted by molar-refractivity contribution is 6.11. The highest BCUT2D eigenvalue weighted by Gasteiger charge is 2.23. The van der Waals surface area contributed by atoms with E-state index >= 15 is 4.39 Å². The van der Waals surface area contributed by atoms with Crippen molar-refractivity contribution in [3.05, 3.63) is 89.9 Å². The zero-order valence-corrected chi connectivity index (χ0v) is 20.2. The van der Waals surface area contributed by atoms with E-state index in [9.17, 15) is 0 Å². The smallest absolute Gasteiger partial charge is 0.216 e. The van der Waals surface area contributed by atoms with Crippen LogP contribution in [0.15, 0.2) is 77.3 Å². The van der Waals surface area contributed by atoms with Gasteiger partial charge in [-0.2, -0.15) is 0 Å². The number of hydrogen-bond acceptors (Lipinski definition) is 2. The Bertz CT molecular complexity index is 1530. The molecule has 35 heavy (non-hydrogen) atoms. The third-order valence-corrected chi connectivity index (χ3v) is 7.41. The van der Waals surface area contributed by atoms with Gasteiger partial charge in [-0.15, -0.1) is 0 Å². The Hall–Kier alpha value is -3.66. The molecular weight excluding hydrogens is 437 g/mol. The summed E-state index contributed by atoms with van der Waals surface area (Å²) in [5.74, 6) is 0.929. The molecular formula is C31H29FNO2+. The predicted octanol–water partition coefficient (Wildman–Crippen LogP) is 8.37. The van der Waals surface area contributed by atoms with Crippen molar-refractivity contribution < 1.29 is 18.1 Å². The molecule has 0 bridgehead atoms. The largest absolute Gasteiger partial charge is 0.451 e. The van der Waals surface area contributed by atoms with Gasteiger partial charge in [-0.1, -0.05) is 43.5 Å². The molecule has 1 aliphatic rings. The number of benzene rings is 3. The van der Waals surface area contributed by atoms with E-state index in [1.807, 2.05) is 43.6 Å². The molecule has 0 spiro atoms. The first-order chi connectivity index (χ1) is 17.1. The number of ether oxygens (including phenoxy) is 1. The Kier molecular flexibility index (Phi) is 5.52. The van der Waals surface area contributed by atoms with Crippen molar-refractivity contribution in [1.82, 2.24) is 0 Å². The van der Waals surface area contributed by atoms with Crippen LogP contribution in [-0.2, 0) is 7.05 Å². The lowest BCUT2D eigenvalue weighted by atomic mass is 9.84. The zero-order valence-electron chi connectivity index (χ0n) is 20.2. The zero-order chi connectivity index (χ0) is 23.9. The lowest BCUT2D eigenvalue weighted by Gasteiger charge is -2.22. The first-order valence-electron chi connectivity index (χ1n) is 12.5. The van der Waals surface area contributed by atoms with E-state index < -0.39 is 5.82 Å². The molecule has 1 saturated carbocycles. The number of furan rings is 1. The summed E-state index contributed by atoms with van der Waals surface area (Å²) in [6.07, 6.45) is 8.43. The van der Waals surface area contributed by atoms with Crippen LogP contribution < -0.4 is 9.30 Å². The Morgan fingerprint density at radius 3 is 2.37 bits per heavy atom. The van der Waals surface area contributed by atoms with Gasteiger partial charge in [-0.25, -0.2) is 8.96 Å². The average Bonchev–Trinajstić information content (AvgIpc) is 3.26. The fourth-order valence-electron chi connectivity index (χ4n) is 5.51. The van der Waals surface area contributed by atoms with Crippen molar-refractivity contribution in [3.8, 4) is 22.8 Å². The summed E-state index contributed by atoms with van der Waals surface area (Å²) in [5, 5.41) is 1.79. The molecule has 0 atom stereocenters. The quantitative estimate of drug-likeness (QED) is 0.249. The summed E-state index contributed by atoms with van der Waals surface area (Å²) in [6.45, 7) is 2.07. The molecule has 176 valence electrons. The van der Waals surface area contributed by atoms with Gasteiger partial charge in [0, 0.05) is 22.9 Å². The number of rotatable bonds is 4. The summed E-state index contributed by atoms with van der Waals surface area (Å²) in [4.78, 5) is 0. The molecule has 1 fully saturated rings. The SMILES string of the molecule is Cc1ccc2c(oc3c(Oc4ccc(C5CCCCC5)cc4)c(F)ccc32)c1-c1cccc[n+]1C. The van der Waals surface area contributed by atoms with Crippen LogP contribution in [0.25, 0.3) is 33.2 Å². The van der Waals surface area contributed by atoms with Gasteiger partial charge >= 0.3 is 0 Å². The van der Waals surface area contributed by atoms with E-state index in [1.165, 1.54) is 43.7 Å². The number of fused-ring (bicyclic) bond motifs is 3. The van der Waals surface area contributed by atoms with E-state index in [2.05, 4.69) is 35.8 Å². The van der Waals surface area contributed by atoms with Gasteiger partial charge in [-0.05, 0) is 67.1 Å². The normalized spacial score (nSPS) is 14.6. The first kappa shape index (κ1) is 21.8. The fraction of sp³-hybridized carbons (Fsp3) is 0.258. The van der Waals surface area contributed by atoms with Crippen LogP contribution in [0.5, 0.6) is 11.5 Å². The number of hydrogen-bond donors (Lipinski definition) is 0. The Morgan fingerprint density at radius 2 is 1.60 bits per heavy atom. The Labute approximate surface area is 204 Å². The number of aromatic nitrogens is 1. The van der Waals surface area contributed by atoms with Gasteiger partial charge in [0.15, 0.2) is 17.6 Å². The maximum Gasteiger partial charge on any atom is 0.216 e. The second kappa shape index (κ2) is 8.84. The van der Waals surface area contributed by atoms with Crippen molar-refractivity contribution in [2.75, 3.05) is 0 Å². The second-order valence-electron chi connectivity index (χ2n) is 9.69. The highest BCUT2D eigenvalue weighted by atomic mass is 19.1. The topological polar surface area (TPSA) is 26.2 Å². The summed E-state index contributed by atoms with van der Waals surface area (Å²) >= 11 is 0. The van der Waals surface area contributed by atoms with Gasteiger partial charge in [0.25, 0.3) is 0 Å². The third kappa shape index (κ3) is 3.87. The number of aryl methyl sites for hydroxylation is 2. The van der Waals surface area contributed by atoms with Crippen LogP contribution in [0.3, 0.4) is 0 Å². The van der Waals surface area contributed by atoms with Crippen molar-refractivity contribution in [2.45, 2.75) is 44.9 Å². The van der Waals surface area contributed by atoms with E-state index in [4.69, 9.17) is 9.15 Å². The second-order valence-corrected chi connectivity index (χ2v) is 9.69. The fourth-order valence-corrected chi connectivity index (χ4v) is 5.51. The maximum atomic E-state index is 15.1.